The Morgan fingerprint density at radius 3 is 2.79 bits per heavy atom. The van der Waals surface area contributed by atoms with Crippen LogP contribution >= 0.6 is 0 Å². The quantitative estimate of drug-likeness (QED) is 0.510. The van der Waals surface area contributed by atoms with Gasteiger partial charge >= 0.3 is 0 Å². The van der Waals surface area contributed by atoms with Crippen molar-refractivity contribution in [2.75, 3.05) is 37.8 Å². The number of carbonyl (C=O) groups excluding carboxylic acids is 2. The minimum atomic E-state index is -0.550. The molecule has 2 heterocycles. The van der Waals surface area contributed by atoms with Crippen molar-refractivity contribution >= 4 is 23.8 Å². The number of anilines is 2. The number of rotatable bonds is 8. The smallest absolute Gasteiger partial charge is 0.224 e. The summed E-state index contributed by atoms with van der Waals surface area (Å²) in [5, 5.41) is 3.24. The molecule has 1 fully saturated rings. The Morgan fingerprint density at radius 2 is 2.14 bits per heavy atom. The van der Waals surface area contributed by atoms with Gasteiger partial charge in [-0.2, -0.15) is 4.98 Å². The number of aromatic nitrogens is 2. The maximum atomic E-state index is 13.6. The van der Waals surface area contributed by atoms with Crippen molar-refractivity contribution in [3.63, 3.8) is 0 Å². The third-order valence-electron chi connectivity index (χ3n) is 4.95. The predicted molar refractivity (Wildman–Crippen MR) is 107 cm³/mol. The van der Waals surface area contributed by atoms with Gasteiger partial charge in [-0.05, 0) is 31.0 Å². The highest BCUT2D eigenvalue weighted by atomic mass is 19.1. The number of nitrogens with two attached hydrogens (primary N) is 1. The first-order valence-electron chi connectivity index (χ1n) is 9.45. The second-order valence-corrected chi connectivity index (χ2v) is 6.88. The standard InChI is InChI=1S/C20H24FN5O3/c1-29-17-4-3-13(21)11-15(17)18(28)16-12-23-20(25-19(16)22)24-14-5-8-26(9-6-14)7-2-10-27/h3-4,10-12,14H,2,5-9H2,1H3,(H3,22,23,24,25). The number of ether oxygens (including phenoxy) is 1. The summed E-state index contributed by atoms with van der Waals surface area (Å²) in [5.74, 6) is -0.446. The topological polar surface area (TPSA) is 110 Å². The lowest BCUT2D eigenvalue weighted by molar-refractivity contribution is -0.108. The zero-order chi connectivity index (χ0) is 20.8. The molecule has 1 aromatic carbocycles. The highest BCUT2D eigenvalue weighted by Crippen LogP contribution is 2.25. The Hall–Kier alpha value is -3.07. The number of nitrogens with zero attached hydrogens (tertiary/aromatic N) is 3. The van der Waals surface area contributed by atoms with E-state index in [0.717, 1.165) is 44.8 Å². The Labute approximate surface area is 168 Å². The first-order valence-corrected chi connectivity index (χ1v) is 9.45. The van der Waals surface area contributed by atoms with Crippen LogP contribution in [0.1, 0.15) is 35.2 Å². The molecule has 0 aliphatic carbocycles. The second kappa shape index (κ2) is 9.42. The van der Waals surface area contributed by atoms with Gasteiger partial charge in [0.2, 0.25) is 11.7 Å². The van der Waals surface area contributed by atoms with Gasteiger partial charge in [0.05, 0.1) is 18.2 Å². The van der Waals surface area contributed by atoms with E-state index in [9.17, 15) is 14.0 Å². The highest BCUT2D eigenvalue weighted by molar-refractivity contribution is 6.13. The fraction of sp³-hybridized carbons (Fsp3) is 0.400. The molecule has 0 unspecified atom stereocenters. The lowest BCUT2D eigenvalue weighted by Gasteiger charge is -2.31. The van der Waals surface area contributed by atoms with E-state index in [-0.39, 0.29) is 28.7 Å². The molecule has 1 aliphatic heterocycles. The van der Waals surface area contributed by atoms with Crippen LogP contribution in [-0.4, -0.2) is 59.7 Å². The van der Waals surface area contributed by atoms with Gasteiger partial charge in [0, 0.05) is 38.3 Å². The second-order valence-electron chi connectivity index (χ2n) is 6.88. The van der Waals surface area contributed by atoms with Crippen LogP contribution in [0.5, 0.6) is 5.75 Å². The lowest BCUT2D eigenvalue weighted by atomic mass is 10.0. The number of aldehydes is 1. The fourth-order valence-electron chi connectivity index (χ4n) is 3.36. The van der Waals surface area contributed by atoms with E-state index in [1.54, 1.807) is 0 Å². The van der Waals surface area contributed by atoms with Crippen molar-refractivity contribution in [1.82, 2.24) is 14.9 Å². The van der Waals surface area contributed by atoms with E-state index in [4.69, 9.17) is 10.5 Å². The number of nitrogen functional groups attached to an aromatic ring is 1. The number of carbonyl (C=O) groups is 2. The number of hydrogen-bond donors (Lipinski definition) is 2. The molecule has 154 valence electrons. The molecule has 29 heavy (non-hydrogen) atoms. The monoisotopic (exact) mass is 401 g/mol. The molecule has 0 spiro atoms. The van der Waals surface area contributed by atoms with Gasteiger partial charge in [-0.15, -0.1) is 0 Å². The number of benzene rings is 1. The van der Waals surface area contributed by atoms with E-state index in [1.807, 2.05) is 0 Å². The molecule has 1 saturated heterocycles. The molecule has 0 saturated carbocycles. The number of halogens is 1. The molecular formula is C20H24FN5O3. The van der Waals surface area contributed by atoms with Gasteiger partial charge in [0.15, 0.2) is 0 Å². The number of piperidine rings is 1. The van der Waals surface area contributed by atoms with Gasteiger partial charge in [-0.3, -0.25) is 4.79 Å². The van der Waals surface area contributed by atoms with E-state index in [1.165, 1.54) is 25.4 Å². The van der Waals surface area contributed by atoms with Gasteiger partial charge in [0.1, 0.15) is 23.7 Å². The molecule has 1 aromatic heterocycles. The summed E-state index contributed by atoms with van der Waals surface area (Å²) in [6.07, 6.45) is 4.61. The number of ketones is 1. The number of hydrogen-bond acceptors (Lipinski definition) is 8. The van der Waals surface area contributed by atoms with Gasteiger partial charge in [-0.1, -0.05) is 0 Å². The van der Waals surface area contributed by atoms with Crippen LogP contribution in [0.4, 0.5) is 16.2 Å². The van der Waals surface area contributed by atoms with E-state index < -0.39 is 11.6 Å². The Morgan fingerprint density at radius 1 is 1.38 bits per heavy atom. The van der Waals surface area contributed by atoms with Crippen LogP contribution in [0.2, 0.25) is 0 Å². The van der Waals surface area contributed by atoms with E-state index >= 15 is 0 Å². The normalized spacial score (nSPS) is 15.1. The van der Waals surface area contributed by atoms with Crippen LogP contribution in [0.15, 0.2) is 24.4 Å². The van der Waals surface area contributed by atoms with Crippen molar-refractivity contribution < 1.29 is 18.7 Å². The minimum absolute atomic E-state index is 0.0160. The molecule has 0 radical (unpaired) electrons. The van der Waals surface area contributed by atoms with Gasteiger partial charge in [-0.25, -0.2) is 9.37 Å². The highest BCUT2D eigenvalue weighted by Gasteiger charge is 2.22. The van der Waals surface area contributed by atoms with Gasteiger partial charge in [0.25, 0.3) is 0 Å². The summed E-state index contributed by atoms with van der Waals surface area (Å²) in [6, 6.07) is 3.89. The summed E-state index contributed by atoms with van der Waals surface area (Å²) in [7, 11) is 1.40. The molecule has 0 amide bonds. The average Bonchev–Trinajstić information content (AvgIpc) is 2.73. The summed E-state index contributed by atoms with van der Waals surface area (Å²) < 4.78 is 18.7. The van der Waals surface area contributed by atoms with Crippen molar-refractivity contribution in [3.8, 4) is 5.75 Å². The number of likely N-dealkylation sites (tertiary alicyclic amines) is 1. The summed E-state index contributed by atoms with van der Waals surface area (Å²) in [5.41, 5.74) is 6.13. The maximum absolute atomic E-state index is 13.6. The van der Waals surface area contributed by atoms with E-state index in [2.05, 4.69) is 20.2 Å². The molecule has 8 nitrogen and oxygen atoms in total. The first kappa shape index (κ1) is 20.7. The van der Waals surface area contributed by atoms with Crippen molar-refractivity contribution in [2.45, 2.75) is 25.3 Å². The summed E-state index contributed by atoms with van der Waals surface area (Å²) in [6.45, 7) is 2.55. The maximum Gasteiger partial charge on any atom is 0.224 e. The van der Waals surface area contributed by atoms with Crippen molar-refractivity contribution in [1.29, 1.82) is 0 Å². The lowest BCUT2D eigenvalue weighted by Crippen LogP contribution is -2.39. The molecular weight excluding hydrogens is 377 g/mol. The van der Waals surface area contributed by atoms with Crippen LogP contribution < -0.4 is 15.8 Å². The molecule has 3 N–H and O–H groups in total. The van der Waals surface area contributed by atoms with E-state index in [0.29, 0.717) is 12.4 Å². The molecule has 0 atom stereocenters. The third-order valence-corrected chi connectivity index (χ3v) is 4.95. The first-order chi connectivity index (χ1) is 14.0. The summed E-state index contributed by atoms with van der Waals surface area (Å²) in [4.78, 5) is 33.9. The molecule has 2 aromatic rings. The average molecular weight is 401 g/mol. The summed E-state index contributed by atoms with van der Waals surface area (Å²) >= 11 is 0. The van der Waals surface area contributed by atoms with Crippen LogP contribution in [-0.2, 0) is 4.79 Å². The number of nitrogens with one attached hydrogen (secondary N) is 1. The molecule has 9 heteroatoms. The Kier molecular flexibility index (Phi) is 6.71. The van der Waals surface area contributed by atoms with Crippen molar-refractivity contribution in [3.05, 3.63) is 41.3 Å². The minimum Gasteiger partial charge on any atom is -0.496 e. The molecule has 1 aliphatic rings. The Bertz CT molecular complexity index is 884. The van der Waals surface area contributed by atoms with Crippen LogP contribution in [0.25, 0.3) is 0 Å². The third kappa shape index (κ3) is 5.05. The Balaban J connectivity index is 1.67. The zero-order valence-electron chi connectivity index (χ0n) is 16.2. The predicted octanol–water partition coefficient (Wildman–Crippen LogP) is 1.90. The van der Waals surface area contributed by atoms with Crippen LogP contribution in [0, 0.1) is 5.82 Å². The largest absolute Gasteiger partial charge is 0.496 e. The zero-order valence-corrected chi connectivity index (χ0v) is 16.2. The van der Waals surface area contributed by atoms with Crippen LogP contribution in [0.3, 0.4) is 0 Å². The number of methoxy groups -OCH3 is 1. The fourth-order valence-corrected chi connectivity index (χ4v) is 3.36. The molecule has 3 rings (SSSR count). The van der Waals surface area contributed by atoms with Crippen molar-refractivity contribution in [2.24, 2.45) is 0 Å². The molecule has 0 bridgehead atoms. The SMILES string of the molecule is COc1ccc(F)cc1C(=O)c1cnc(NC2CCN(CCC=O)CC2)nc1N. The van der Waals surface area contributed by atoms with Gasteiger partial charge < -0.3 is 25.5 Å².